The number of nitrogens with one attached hydrogen (secondary N) is 2. The van der Waals surface area contributed by atoms with Gasteiger partial charge < -0.3 is 15.8 Å². The van der Waals surface area contributed by atoms with Crippen molar-refractivity contribution < 1.29 is 9.59 Å². The summed E-state index contributed by atoms with van der Waals surface area (Å²) in [6.45, 7) is 4.05. The standard InChI is InChI=1S/C20H23IN8O2/c1-13(2)10-16(12-30)29(27-21)20-23-11-17(18(22)31)19(26-20)25-14-4-6-15(7-5-14)28-9-3-8-24-28/h3-9,11-13,16,27H,10H2,1-2H3,(H2,22,31)(H,23,25,26). The third-order valence-corrected chi connectivity index (χ3v) is 4.97. The van der Waals surface area contributed by atoms with Crippen LogP contribution in [0.1, 0.15) is 30.6 Å². The van der Waals surface area contributed by atoms with Crippen molar-refractivity contribution in [2.24, 2.45) is 11.7 Å². The minimum absolute atomic E-state index is 0.139. The molecule has 3 rings (SSSR count). The van der Waals surface area contributed by atoms with Crippen molar-refractivity contribution >= 4 is 52.5 Å². The van der Waals surface area contributed by atoms with Gasteiger partial charge in [-0.1, -0.05) is 13.8 Å². The lowest BCUT2D eigenvalue weighted by atomic mass is 10.0. The number of hydrazine groups is 1. The number of nitrogens with two attached hydrogens (primary N) is 1. The highest BCUT2D eigenvalue weighted by Gasteiger charge is 2.23. The molecule has 1 aromatic carbocycles. The van der Waals surface area contributed by atoms with Crippen molar-refractivity contribution in [1.29, 1.82) is 0 Å². The Kier molecular flexibility index (Phi) is 7.52. The third-order valence-electron chi connectivity index (χ3n) is 4.45. The fourth-order valence-electron chi connectivity index (χ4n) is 2.97. The quantitative estimate of drug-likeness (QED) is 0.157. The molecule has 0 aliphatic heterocycles. The molecular weight excluding hydrogens is 511 g/mol. The predicted octanol–water partition coefficient (Wildman–Crippen LogP) is 2.78. The monoisotopic (exact) mass is 534 g/mol. The van der Waals surface area contributed by atoms with Crippen molar-refractivity contribution in [3.63, 3.8) is 0 Å². The van der Waals surface area contributed by atoms with Gasteiger partial charge in [0.25, 0.3) is 5.91 Å². The lowest BCUT2D eigenvalue weighted by molar-refractivity contribution is -0.109. The molecule has 0 spiro atoms. The number of primary amides is 1. The molecule has 0 saturated carbocycles. The minimum atomic E-state index is -0.662. The van der Waals surface area contributed by atoms with E-state index in [1.807, 2.05) is 73.2 Å². The summed E-state index contributed by atoms with van der Waals surface area (Å²) < 4.78 is 4.67. The van der Waals surface area contributed by atoms with Gasteiger partial charge in [0.2, 0.25) is 5.95 Å². The Hall–Kier alpha value is -3.06. The summed E-state index contributed by atoms with van der Waals surface area (Å²) in [6.07, 6.45) is 6.35. The lowest BCUT2D eigenvalue weighted by Crippen LogP contribution is -2.44. The Morgan fingerprint density at radius 3 is 2.61 bits per heavy atom. The van der Waals surface area contributed by atoms with Gasteiger partial charge in [0, 0.05) is 47.1 Å². The molecule has 10 nitrogen and oxygen atoms in total. The Morgan fingerprint density at radius 1 is 1.32 bits per heavy atom. The second-order valence-electron chi connectivity index (χ2n) is 7.21. The SMILES string of the molecule is CC(C)CC(C=O)N(NI)c1ncc(C(N)=O)c(Nc2ccc(-n3cccn3)cc2)n1. The zero-order valence-corrected chi connectivity index (χ0v) is 19.2. The smallest absolute Gasteiger partial charge is 0.254 e. The van der Waals surface area contributed by atoms with Crippen LogP contribution in [-0.2, 0) is 4.79 Å². The maximum Gasteiger partial charge on any atom is 0.254 e. The van der Waals surface area contributed by atoms with E-state index in [0.29, 0.717) is 18.0 Å². The van der Waals surface area contributed by atoms with Crippen LogP contribution in [0, 0.1) is 5.92 Å². The first-order valence-corrected chi connectivity index (χ1v) is 10.7. The summed E-state index contributed by atoms with van der Waals surface area (Å²) in [5, 5.41) is 8.87. The van der Waals surface area contributed by atoms with Gasteiger partial charge in [0.15, 0.2) is 0 Å². The summed E-state index contributed by atoms with van der Waals surface area (Å²) in [6, 6.07) is 8.80. The van der Waals surface area contributed by atoms with Crippen molar-refractivity contribution in [2.75, 3.05) is 10.3 Å². The zero-order chi connectivity index (χ0) is 22.4. The number of carbonyl (C=O) groups excluding carboxylic acids is 2. The second kappa shape index (κ2) is 10.3. The highest BCUT2D eigenvalue weighted by atomic mass is 127. The van der Waals surface area contributed by atoms with Gasteiger partial charge in [0.1, 0.15) is 23.7 Å². The number of aldehydes is 1. The number of aromatic nitrogens is 4. The average Bonchev–Trinajstić information content (AvgIpc) is 3.28. The number of amides is 1. The molecule has 3 aromatic rings. The first-order chi connectivity index (χ1) is 14.9. The fraction of sp³-hybridized carbons (Fsp3) is 0.250. The minimum Gasteiger partial charge on any atom is -0.365 e. The van der Waals surface area contributed by atoms with E-state index in [2.05, 4.69) is 24.0 Å². The third kappa shape index (κ3) is 5.55. The van der Waals surface area contributed by atoms with Crippen LogP contribution in [-0.4, -0.2) is 38.0 Å². The molecule has 0 fully saturated rings. The van der Waals surface area contributed by atoms with Crippen LogP contribution in [0.4, 0.5) is 17.5 Å². The average molecular weight is 534 g/mol. The van der Waals surface area contributed by atoms with Crippen molar-refractivity contribution in [3.05, 3.63) is 54.5 Å². The second-order valence-corrected chi connectivity index (χ2v) is 7.69. The predicted molar refractivity (Wildman–Crippen MR) is 126 cm³/mol. The molecule has 0 saturated heterocycles. The summed E-state index contributed by atoms with van der Waals surface area (Å²) in [5.74, 6) is 0.117. The van der Waals surface area contributed by atoms with Gasteiger partial charge in [-0.2, -0.15) is 13.7 Å². The molecule has 4 N–H and O–H groups in total. The number of carbonyl (C=O) groups is 2. The van der Waals surface area contributed by atoms with Crippen molar-refractivity contribution in [2.45, 2.75) is 26.3 Å². The maximum atomic E-state index is 11.9. The van der Waals surface area contributed by atoms with Crippen LogP contribution >= 0.6 is 22.9 Å². The van der Waals surface area contributed by atoms with E-state index < -0.39 is 11.9 Å². The van der Waals surface area contributed by atoms with E-state index in [4.69, 9.17) is 5.73 Å². The van der Waals surface area contributed by atoms with Crippen LogP contribution in [0.3, 0.4) is 0 Å². The maximum absolute atomic E-state index is 11.9. The largest absolute Gasteiger partial charge is 0.365 e. The highest BCUT2D eigenvalue weighted by Crippen LogP contribution is 2.23. The fourth-order valence-corrected chi connectivity index (χ4v) is 3.55. The van der Waals surface area contributed by atoms with Crippen LogP contribution in [0.5, 0.6) is 0 Å². The van der Waals surface area contributed by atoms with Gasteiger partial charge in [0.05, 0.1) is 5.69 Å². The molecule has 0 radical (unpaired) electrons. The Bertz CT molecular complexity index is 1020. The Morgan fingerprint density at radius 2 is 2.06 bits per heavy atom. The first kappa shape index (κ1) is 22.6. The van der Waals surface area contributed by atoms with Crippen LogP contribution in [0.25, 0.3) is 5.69 Å². The lowest BCUT2D eigenvalue weighted by Gasteiger charge is -2.27. The molecule has 11 heteroatoms. The van der Waals surface area contributed by atoms with Crippen LogP contribution < -0.4 is 19.7 Å². The summed E-state index contributed by atoms with van der Waals surface area (Å²) >= 11 is 1.92. The molecule has 31 heavy (non-hydrogen) atoms. The van der Waals surface area contributed by atoms with Crippen molar-refractivity contribution in [1.82, 2.24) is 23.4 Å². The number of nitrogens with zero attached hydrogens (tertiary/aromatic N) is 5. The van der Waals surface area contributed by atoms with Gasteiger partial charge in [-0.05, 0) is 42.7 Å². The van der Waals surface area contributed by atoms with E-state index in [0.717, 1.165) is 12.0 Å². The molecule has 2 aromatic heterocycles. The zero-order valence-electron chi connectivity index (χ0n) is 17.1. The summed E-state index contributed by atoms with van der Waals surface area (Å²) in [7, 11) is 0. The van der Waals surface area contributed by atoms with Crippen LogP contribution in [0.2, 0.25) is 0 Å². The number of anilines is 3. The van der Waals surface area contributed by atoms with Gasteiger partial charge >= 0.3 is 0 Å². The number of halogens is 1. The Balaban J connectivity index is 1.91. The molecule has 1 atom stereocenters. The normalized spacial score (nSPS) is 11.9. The van der Waals surface area contributed by atoms with E-state index in [9.17, 15) is 9.59 Å². The summed E-state index contributed by atoms with van der Waals surface area (Å²) in [5.41, 5.74) is 7.23. The Labute approximate surface area is 193 Å². The van der Waals surface area contributed by atoms with E-state index in [1.165, 1.54) is 6.20 Å². The van der Waals surface area contributed by atoms with E-state index in [-0.39, 0.29) is 17.3 Å². The number of hydrogen-bond donors (Lipinski definition) is 3. The topological polar surface area (TPSA) is 131 Å². The van der Waals surface area contributed by atoms with Gasteiger partial charge in [-0.25, -0.2) is 9.67 Å². The highest BCUT2D eigenvalue weighted by molar-refractivity contribution is 14.1. The molecule has 0 aliphatic rings. The molecule has 0 bridgehead atoms. The number of rotatable bonds is 10. The van der Waals surface area contributed by atoms with Crippen LogP contribution in [0.15, 0.2) is 48.9 Å². The molecule has 0 aliphatic carbocycles. The first-order valence-electron chi connectivity index (χ1n) is 9.57. The molecule has 162 valence electrons. The molecule has 2 heterocycles. The number of hydrogen-bond acceptors (Lipinski definition) is 8. The molecular formula is C20H23IN8O2. The molecule has 1 amide bonds. The summed E-state index contributed by atoms with van der Waals surface area (Å²) in [4.78, 5) is 32.3. The van der Waals surface area contributed by atoms with E-state index >= 15 is 0 Å². The van der Waals surface area contributed by atoms with Crippen molar-refractivity contribution in [3.8, 4) is 5.69 Å². The van der Waals surface area contributed by atoms with Gasteiger partial charge in [-0.15, -0.1) is 0 Å². The van der Waals surface area contributed by atoms with Gasteiger partial charge in [-0.3, -0.25) is 9.80 Å². The van der Waals surface area contributed by atoms with E-state index in [1.54, 1.807) is 15.9 Å². The molecule has 1 unspecified atom stereocenters. The number of benzene rings is 1.